The summed E-state index contributed by atoms with van der Waals surface area (Å²) in [6.07, 6.45) is 0.222. The maximum atomic E-state index is 10.6. The minimum absolute atomic E-state index is 0.197. The first kappa shape index (κ1) is 13.5. The predicted molar refractivity (Wildman–Crippen MR) is 65.8 cm³/mol. The average molecular weight is 243 g/mol. The highest BCUT2D eigenvalue weighted by Gasteiger charge is 2.14. The van der Waals surface area contributed by atoms with Crippen molar-refractivity contribution < 1.29 is 9.90 Å². The number of nitriles is 2. The number of nitrogens with zero attached hydrogens (tertiary/aromatic N) is 2. The first-order valence-electron chi connectivity index (χ1n) is 5.49. The highest BCUT2D eigenvalue weighted by atomic mass is 16.4. The molecule has 1 rings (SSSR count). The average Bonchev–Trinajstić information content (AvgIpc) is 2.37. The van der Waals surface area contributed by atoms with E-state index in [1.54, 1.807) is 24.3 Å². The van der Waals surface area contributed by atoms with E-state index in [1.807, 2.05) is 12.1 Å². The second kappa shape index (κ2) is 6.93. The van der Waals surface area contributed by atoms with Crippen LogP contribution in [0.2, 0.25) is 0 Å². The molecule has 0 bridgehead atoms. The van der Waals surface area contributed by atoms with Crippen LogP contribution in [0.15, 0.2) is 24.3 Å². The van der Waals surface area contributed by atoms with Crippen molar-refractivity contribution in [1.82, 2.24) is 0 Å². The van der Waals surface area contributed by atoms with Crippen molar-refractivity contribution in [2.45, 2.75) is 18.8 Å². The van der Waals surface area contributed by atoms with Crippen LogP contribution in [-0.4, -0.2) is 17.6 Å². The zero-order valence-corrected chi connectivity index (χ0v) is 9.76. The standard InChI is InChI=1S/C13H13N3O2/c14-6-1-7-16-12-4-2-10(3-5-12)11(9-15)8-13(17)18/h2-5,11,16H,1,7-8H2,(H,17,18). The molecule has 5 heteroatoms. The summed E-state index contributed by atoms with van der Waals surface area (Å²) in [4.78, 5) is 10.6. The maximum Gasteiger partial charge on any atom is 0.305 e. The van der Waals surface area contributed by atoms with Gasteiger partial charge in [0, 0.05) is 12.2 Å². The second-order valence-electron chi connectivity index (χ2n) is 3.74. The van der Waals surface area contributed by atoms with E-state index in [9.17, 15) is 4.79 Å². The van der Waals surface area contributed by atoms with Crippen LogP contribution in [0.4, 0.5) is 5.69 Å². The fourth-order valence-corrected chi connectivity index (χ4v) is 1.51. The first-order valence-corrected chi connectivity index (χ1v) is 5.49. The van der Waals surface area contributed by atoms with Crippen molar-refractivity contribution in [2.75, 3.05) is 11.9 Å². The number of aliphatic carboxylic acids is 1. The van der Waals surface area contributed by atoms with E-state index in [1.165, 1.54) is 0 Å². The van der Waals surface area contributed by atoms with Crippen LogP contribution in [0.25, 0.3) is 0 Å². The first-order chi connectivity index (χ1) is 8.67. The third kappa shape index (κ3) is 4.15. The third-order valence-electron chi connectivity index (χ3n) is 2.41. The predicted octanol–water partition coefficient (Wildman–Crippen LogP) is 2.09. The van der Waals surface area contributed by atoms with Crippen molar-refractivity contribution in [2.24, 2.45) is 0 Å². The molecule has 0 aliphatic heterocycles. The minimum Gasteiger partial charge on any atom is -0.481 e. The maximum absolute atomic E-state index is 10.6. The largest absolute Gasteiger partial charge is 0.481 e. The lowest BCUT2D eigenvalue weighted by Gasteiger charge is -2.08. The van der Waals surface area contributed by atoms with Crippen molar-refractivity contribution in [1.29, 1.82) is 10.5 Å². The number of rotatable bonds is 6. The molecular weight excluding hydrogens is 230 g/mol. The highest BCUT2D eigenvalue weighted by Crippen LogP contribution is 2.20. The molecule has 0 saturated heterocycles. The Morgan fingerprint density at radius 2 is 2.00 bits per heavy atom. The molecule has 0 amide bonds. The Balaban J connectivity index is 2.67. The van der Waals surface area contributed by atoms with Crippen LogP contribution in [0, 0.1) is 22.7 Å². The fourth-order valence-electron chi connectivity index (χ4n) is 1.51. The SMILES string of the molecule is N#CCCNc1ccc(C(C#N)CC(=O)O)cc1. The number of hydrogen-bond acceptors (Lipinski definition) is 4. The lowest BCUT2D eigenvalue weighted by Crippen LogP contribution is -2.05. The number of anilines is 1. The van der Waals surface area contributed by atoms with E-state index >= 15 is 0 Å². The molecule has 0 radical (unpaired) electrons. The lowest BCUT2D eigenvalue weighted by molar-refractivity contribution is -0.137. The smallest absolute Gasteiger partial charge is 0.305 e. The molecule has 0 saturated carbocycles. The van der Waals surface area contributed by atoms with Gasteiger partial charge >= 0.3 is 5.97 Å². The molecule has 2 N–H and O–H groups in total. The topological polar surface area (TPSA) is 96.9 Å². The zero-order valence-electron chi connectivity index (χ0n) is 9.76. The summed E-state index contributed by atoms with van der Waals surface area (Å²) in [5.41, 5.74) is 1.53. The summed E-state index contributed by atoms with van der Waals surface area (Å²) >= 11 is 0. The van der Waals surface area contributed by atoms with Gasteiger partial charge in [0.05, 0.1) is 30.9 Å². The van der Waals surface area contributed by atoms with Gasteiger partial charge in [0.1, 0.15) is 0 Å². The molecular formula is C13H13N3O2. The Morgan fingerprint density at radius 3 is 2.50 bits per heavy atom. The molecule has 18 heavy (non-hydrogen) atoms. The van der Waals surface area contributed by atoms with E-state index in [0.29, 0.717) is 18.5 Å². The summed E-state index contributed by atoms with van der Waals surface area (Å²) in [6, 6.07) is 11.0. The quantitative estimate of drug-likeness (QED) is 0.745. The van der Waals surface area contributed by atoms with Crippen molar-refractivity contribution >= 4 is 11.7 Å². The van der Waals surface area contributed by atoms with Crippen molar-refractivity contribution in [3.63, 3.8) is 0 Å². The van der Waals surface area contributed by atoms with Crippen molar-refractivity contribution in [3.8, 4) is 12.1 Å². The van der Waals surface area contributed by atoms with Crippen molar-refractivity contribution in [3.05, 3.63) is 29.8 Å². The summed E-state index contributed by atoms with van der Waals surface area (Å²) in [6.45, 7) is 0.562. The van der Waals surface area contributed by atoms with Crippen LogP contribution in [-0.2, 0) is 4.79 Å². The van der Waals surface area contributed by atoms with E-state index in [2.05, 4.69) is 5.32 Å². The van der Waals surface area contributed by atoms with Crippen LogP contribution in [0.1, 0.15) is 24.3 Å². The summed E-state index contributed by atoms with van der Waals surface area (Å²) < 4.78 is 0. The van der Waals surface area contributed by atoms with E-state index in [0.717, 1.165) is 5.69 Å². The number of carbonyl (C=O) groups is 1. The molecule has 1 aromatic carbocycles. The monoisotopic (exact) mass is 243 g/mol. The Morgan fingerprint density at radius 1 is 1.33 bits per heavy atom. The van der Waals surface area contributed by atoms with Gasteiger partial charge in [0.2, 0.25) is 0 Å². The Hall–Kier alpha value is -2.53. The summed E-state index contributed by atoms with van der Waals surface area (Å²) in [5, 5.41) is 29.0. The molecule has 0 spiro atoms. The fraction of sp³-hybridized carbons (Fsp3) is 0.308. The van der Waals surface area contributed by atoms with Gasteiger partial charge in [-0.1, -0.05) is 12.1 Å². The number of carboxylic acid groups (broad SMARTS) is 1. The van der Waals surface area contributed by atoms with Crippen LogP contribution in [0.5, 0.6) is 0 Å². The number of carboxylic acids is 1. The molecule has 1 atom stereocenters. The Kier molecular flexibility index (Phi) is 5.21. The van der Waals surface area contributed by atoms with Gasteiger partial charge in [-0.05, 0) is 17.7 Å². The van der Waals surface area contributed by atoms with Crippen LogP contribution >= 0.6 is 0 Å². The summed E-state index contributed by atoms with van der Waals surface area (Å²) in [5.74, 6) is -1.62. The molecule has 5 nitrogen and oxygen atoms in total. The van der Waals surface area contributed by atoms with E-state index < -0.39 is 11.9 Å². The van der Waals surface area contributed by atoms with Gasteiger partial charge in [-0.3, -0.25) is 4.79 Å². The molecule has 0 aliphatic rings. The van der Waals surface area contributed by atoms with Gasteiger partial charge in [-0.25, -0.2) is 0 Å². The van der Waals surface area contributed by atoms with Crippen LogP contribution in [0.3, 0.4) is 0 Å². The molecule has 1 aromatic rings. The number of nitrogens with one attached hydrogen (secondary N) is 1. The normalized spacial score (nSPS) is 11.0. The number of benzene rings is 1. The van der Waals surface area contributed by atoms with Gasteiger partial charge in [0.25, 0.3) is 0 Å². The summed E-state index contributed by atoms with van der Waals surface area (Å²) in [7, 11) is 0. The molecule has 0 aliphatic carbocycles. The lowest BCUT2D eigenvalue weighted by atomic mass is 9.97. The zero-order chi connectivity index (χ0) is 13.4. The van der Waals surface area contributed by atoms with Gasteiger partial charge < -0.3 is 10.4 Å². The van der Waals surface area contributed by atoms with Gasteiger partial charge in [-0.2, -0.15) is 10.5 Å². The van der Waals surface area contributed by atoms with E-state index in [4.69, 9.17) is 15.6 Å². The highest BCUT2D eigenvalue weighted by molar-refractivity contribution is 5.68. The van der Waals surface area contributed by atoms with E-state index in [-0.39, 0.29) is 6.42 Å². The second-order valence-corrected chi connectivity index (χ2v) is 3.74. The molecule has 0 fully saturated rings. The number of hydrogen-bond donors (Lipinski definition) is 2. The van der Waals surface area contributed by atoms with Gasteiger partial charge in [-0.15, -0.1) is 0 Å². The molecule has 1 unspecified atom stereocenters. The molecule has 92 valence electrons. The Labute approximate surface area is 105 Å². The third-order valence-corrected chi connectivity index (χ3v) is 2.41. The Bertz CT molecular complexity index is 482. The minimum atomic E-state index is -0.988. The van der Waals surface area contributed by atoms with Gasteiger partial charge in [0.15, 0.2) is 0 Å². The molecule has 0 heterocycles. The molecule has 0 aromatic heterocycles. The van der Waals surface area contributed by atoms with Crippen LogP contribution < -0.4 is 5.32 Å².